The molecule has 1 aromatic carbocycles. The molecule has 1 aliphatic heterocycles. The van der Waals surface area contributed by atoms with Crippen molar-refractivity contribution >= 4 is 35.1 Å². The zero-order chi connectivity index (χ0) is 17.0. The number of hydrogen-bond donors (Lipinski definition) is 1. The van der Waals surface area contributed by atoms with Gasteiger partial charge < -0.3 is 19.5 Å². The number of morpholine rings is 1. The van der Waals surface area contributed by atoms with Crippen molar-refractivity contribution in [2.75, 3.05) is 19.7 Å². The third-order valence-electron chi connectivity index (χ3n) is 3.42. The molecule has 23 heavy (non-hydrogen) atoms. The molecule has 1 amide bonds. The Balaban J connectivity index is 1.98. The van der Waals surface area contributed by atoms with E-state index in [9.17, 15) is 9.59 Å². The van der Waals surface area contributed by atoms with Gasteiger partial charge in [-0.05, 0) is 19.1 Å². The molecule has 126 valence electrons. The predicted octanol–water partition coefficient (Wildman–Crippen LogP) is 2.46. The van der Waals surface area contributed by atoms with Crippen LogP contribution in [0.2, 0.25) is 10.0 Å². The van der Waals surface area contributed by atoms with Crippen molar-refractivity contribution in [1.82, 2.24) is 4.90 Å². The minimum Gasteiger partial charge on any atom is -0.481 e. The normalized spacial score (nSPS) is 19.3. The van der Waals surface area contributed by atoms with E-state index in [2.05, 4.69) is 0 Å². The van der Waals surface area contributed by atoms with Crippen LogP contribution in [0.4, 0.5) is 0 Å². The van der Waals surface area contributed by atoms with Crippen molar-refractivity contribution in [2.24, 2.45) is 0 Å². The summed E-state index contributed by atoms with van der Waals surface area (Å²) in [5, 5.41) is 9.41. The molecule has 2 unspecified atom stereocenters. The minimum absolute atomic E-state index is 0.140. The number of amides is 1. The lowest BCUT2D eigenvalue weighted by molar-refractivity contribution is -0.151. The molecule has 2 atom stereocenters. The Morgan fingerprint density at radius 2 is 2.22 bits per heavy atom. The number of ether oxygens (including phenoxy) is 2. The maximum absolute atomic E-state index is 12.5. The lowest BCUT2D eigenvalue weighted by Gasteiger charge is -2.33. The first-order valence-corrected chi connectivity index (χ1v) is 7.87. The van der Waals surface area contributed by atoms with Gasteiger partial charge in [0.25, 0.3) is 5.91 Å². The second-order valence-corrected chi connectivity index (χ2v) is 5.97. The van der Waals surface area contributed by atoms with E-state index in [0.717, 1.165) is 0 Å². The number of aliphatic carboxylic acids is 1. The van der Waals surface area contributed by atoms with Crippen LogP contribution in [0.5, 0.6) is 5.75 Å². The number of benzene rings is 1. The number of carboxylic acids is 1. The zero-order valence-corrected chi connectivity index (χ0v) is 14.0. The van der Waals surface area contributed by atoms with Gasteiger partial charge in [-0.15, -0.1) is 0 Å². The number of hydrogen-bond acceptors (Lipinski definition) is 4. The van der Waals surface area contributed by atoms with E-state index in [1.807, 2.05) is 0 Å². The molecule has 0 aromatic heterocycles. The Hall–Kier alpha value is -1.50. The summed E-state index contributed by atoms with van der Waals surface area (Å²) in [7, 11) is 0. The number of carbonyl (C=O) groups excluding carboxylic acids is 1. The Morgan fingerprint density at radius 1 is 1.48 bits per heavy atom. The van der Waals surface area contributed by atoms with E-state index in [0.29, 0.717) is 23.9 Å². The quantitative estimate of drug-likeness (QED) is 0.871. The molecule has 1 saturated heterocycles. The van der Waals surface area contributed by atoms with Crippen LogP contribution < -0.4 is 4.74 Å². The van der Waals surface area contributed by atoms with Crippen LogP contribution in [-0.4, -0.2) is 53.8 Å². The van der Waals surface area contributed by atoms with Gasteiger partial charge in [-0.25, -0.2) is 0 Å². The molecule has 1 aliphatic rings. The first-order valence-electron chi connectivity index (χ1n) is 7.11. The summed E-state index contributed by atoms with van der Waals surface area (Å²) in [6.07, 6.45) is -1.42. The molecule has 0 aliphatic carbocycles. The summed E-state index contributed by atoms with van der Waals surface area (Å²) in [6, 6.07) is 4.94. The van der Waals surface area contributed by atoms with Crippen molar-refractivity contribution < 1.29 is 24.2 Å². The Labute approximate surface area is 143 Å². The molecule has 0 spiro atoms. The molecule has 8 heteroatoms. The van der Waals surface area contributed by atoms with E-state index in [-0.39, 0.29) is 23.9 Å². The third kappa shape index (κ3) is 4.73. The highest BCUT2D eigenvalue weighted by atomic mass is 35.5. The first-order chi connectivity index (χ1) is 10.9. The van der Waals surface area contributed by atoms with E-state index in [4.69, 9.17) is 37.8 Å². The van der Waals surface area contributed by atoms with Crippen LogP contribution in [0.1, 0.15) is 13.3 Å². The molecule has 6 nitrogen and oxygen atoms in total. The number of rotatable bonds is 5. The monoisotopic (exact) mass is 361 g/mol. The largest absolute Gasteiger partial charge is 0.481 e. The summed E-state index contributed by atoms with van der Waals surface area (Å²) in [5.74, 6) is -0.880. The van der Waals surface area contributed by atoms with Gasteiger partial charge in [-0.3, -0.25) is 9.59 Å². The fourth-order valence-electron chi connectivity index (χ4n) is 2.31. The minimum atomic E-state index is -0.959. The molecule has 1 N–H and O–H groups in total. The van der Waals surface area contributed by atoms with E-state index < -0.39 is 18.2 Å². The summed E-state index contributed by atoms with van der Waals surface area (Å²) >= 11 is 12.0. The second kappa shape index (κ2) is 7.86. The van der Waals surface area contributed by atoms with Crippen molar-refractivity contribution in [3.63, 3.8) is 0 Å². The third-order valence-corrected chi connectivity index (χ3v) is 4.22. The first kappa shape index (κ1) is 17.8. The molecule has 1 heterocycles. The molecular formula is C15H17Cl2NO5. The molecule has 1 aromatic rings. The fourth-order valence-corrected chi connectivity index (χ4v) is 2.65. The van der Waals surface area contributed by atoms with Gasteiger partial charge in [-0.1, -0.05) is 29.3 Å². The van der Waals surface area contributed by atoms with Crippen molar-refractivity contribution in [2.45, 2.75) is 25.6 Å². The second-order valence-electron chi connectivity index (χ2n) is 5.19. The van der Waals surface area contributed by atoms with E-state index >= 15 is 0 Å². The smallest absolute Gasteiger partial charge is 0.306 e. The molecule has 2 rings (SSSR count). The van der Waals surface area contributed by atoms with Crippen molar-refractivity contribution in [1.29, 1.82) is 0 Å². The number of carbonyl (C=O) groups is 2. The highest BCUT2D eigenvalue weighted by Crippen LogP contribution is 2.32. The van der Waals surface area contributed by atoms with Gasteiger partial charge in [0.05, 0.1) is 24.2 Å². The number of nitrogens with zero attached hydrogens (tertiary/aromatic N) is 1. The van der Waals surface area contributed by atoms with Crippen LogP contribution in [-0.2, 0) is 14.3 Å². The number of carboxylic acid groups (broad SMARTS) is 1. The van der Waals surface area contributed by atoms with Gasteiger partial charge in [-0.2, -0.15) is 0 Å². The van der Waals surface area contributed by atoms with E-state index in [1.54, 1.807) is 30.0 Å². The maximum Gasteiger partial charge on any atom is 0.306 e. The van der Waals surface area contributed by atoms with Gasteiger partial charge in [0.15, 0.2) is 6.10 Å². The van der Waals surface area contributed by atoms with E-state index in [1.165, 1.54) is 0 Å². The highest BCUT2D eigenvalue weighted by Gasteiger charge is 2.29. The van der Waals surface area contributed by atoms with Gasteiger partial charge in [0, 0.05) is 13.1 Å². The summed E-state index contributed by atoms with van der Waals surface area (Å²) in [6.45, 7) is 2.53. The van der Waals surface area contributed by atoms with Crippen molar-refractivity contribution in [3.8, 4) is 5.75 Å². The topological polar surface area (TPSA) is 76.1 Å². The average Bonchev–Trinajstić information content (AvgIpc) is 2.50. The van der Waals surface area contributed by atoms with Crippen LogP contribution in [0.3, 0.4) is 0 Å². The molecule has 0 bridgehead atoms. The zero-order valence-electron chi connectivity index (χ0n) is 12.5. The summed E-state index contributed by atoms with van der Waals surface area (Å²) < 4.78 is 10.9. The Bertz CT molecular complexity index is 595. The van der Waals surface area contributed by atoms with Crippen LogP contribution in [0, 0.1) is 0 Å². The average molecular weight is 362 g/mol. The SMILES string of the molecule is CC(Oc1cccc(Cl)c1Cl)C(=O)N1CCOC(CC(=O)O)C1. The molecule has 0 saturated carbocycles. The summed E-state index contributed by atoms with van der Waals surface area (Å²) in [4.78, 5) is 24.7. The van der Waals surface area contributed by atoms with Gasteiger partial charge >= 0.3 is 5.97 Å². The Kier molecular flexibility index (Phi) is 6.10. The molecule has 1 fully saturated rings. The fraction of sp³-hybridized carbons (Fsp3) is 0.467. The van der Waals surface area contributed by atoms with Crippen LogP contribution in [0.25, 0.3) is 0 Å². The van der Waals surface area contributed by atoms with Crippen LogP contribution >= 0.6 is 23.2 Å². The Morgan fingerprint density at radius 3 is 2.91 bits per heavy atom. The number of halogens is 2. The highest BCUT2D eigenvalue weighted by molar-refractivity contribution is 6.42. The lowest BCUT2D eigenvalue weighted by Crippen LogP contribution is -2.50. The predicted molar refractivity (Wildman–Crippen MR) is 85.1 cm³/mol. The standard InChI is InChI=1S/C15H17Cl2NO5/c1-9(23-12-4-2-3-11(16)14(12)17)15(21)18-5-6-22-10(8-18)7-13(19)20/h2-4,9-10H,5-8H2,1H3,(H,19,20). The molecule has 0 radical (unpaired) electrons. The molecular weight excluding hydrogens is 345 g/mol. The van der Waals surface area contributed by atoms with Crippen LogP contribution in [0.15, 0.2) is 18.2 Å². The maximum atomic E-state index is 12.5. The lowest BCUT2D eigenvalue weighted by atomic mass is 10.2. The van der Waals surface area contributed by atoms with Gasteiger partial charge in [0.1, 0.15) is 10.8 Å². The van der Waals surface area contributed by atoms with Gasteiger partial charge in [0.2, 0.25) is 0 Å². The summed E-state index contributed by atoms with van der Waals surface area (Å²) in [5.41, 5.74) is 0. The van der Waals surface area contributed by atoms with Crippen molar-refractivity contribution in [3.05, 3.63) is 28.2 Å².